The molecule has 0 atom stereocenters. The molecular weight excluding hydrogens is 388 g/mol. The molecule has 5 nitrogen and oxygen atoms in total. The number of aromatic amines is 1. The third kappa shape index (κ3) is 3.60. The van der Waals surface area contributed by atoms with Gasteiger partial charge in [0.2, 0.25) is 0 Å². The van der Waals surface area contributed by atoms with E-state index in [0.29, 0.717) is 13.1 Å². The summed E-state index contributed by atoms with van der Waals surface area (Å²) in [4.78, 5) is 30.1. The van der Waals surface area contributed by atoms with E-state index in [0.717, 1.165) is 55.3 Å². The largest absolute Gasteiger partial charge is 0.444 e. The van der Waals surface area contributed by atoms with Crippen LogP contribution in [0.25, 0.3) is 16.8 Å². The van der Waals surface area contributed by atoms with Crippen molar-refractivity contribution in [2.24, 2.45) is 0 Å². The zero-order chi connectivity index (χ0) is 21.8. The van der Waals surface area contributed by atoms with Crippen LogP contribution in [0.4, 0.5) is 4.79 Å². The molecule has 31 heavy (non-hydrogen) atoms. The number of carbonyl (C=O) groups is 1. The Labute approximate surface area is 183 Å². The van der Waals surface area contributed by atoms with Crippen LogP contribution in [-0.2, 0) is 24.0 Å². The van der Waals surface area contributed by atoms with Gasteiger partial charge in [-0.2, -0.15) is 0 Å². The maximum Gasteiger partial charge on any atom is 0.410 e. The number of pyridine rings is 1. The number of nitrogens with zero attached hydrogens (tertiary/aromatic N) is 1. The summed E-state index contributed by atoms with van der Waals surface area (Å²) in [5.74, 6) is 0. The minimum atomic E-state index is -0.483. The first-order valence-corrected chi connectivity index (χ1v) is 11.4. The van der Waals surface area contributed by atoms with Crippen LogP contribution >= 0.6 is 0 Å². The van der Waals surface area contributed by atoms with Crippen LogP contribution in [0.5, 0.6) is 0 Å². The number of nitrogens with one attached hydrogen (secondary N) is 1. The summed E-state index contributed by atoms with van der Waals surface area (Å²) in [7, 11) is 0. The maximum atomic E-state index is 12.7. The SMILES string of the molecule is CC(C)(C)OC(=O)N1CC=C(c2cccc3c2Cc2c-3[nH]c(=O)c3c2CCCC3)CC1. The highest BCUT2D eigenvalue weighted by atomic mass is 16.6. The van der Waals surface area contributed by atoms with Crippen molar-refractivity contribution < 1.29 is 9.53 Å². The third-order valence-electron chi connectivity index (χ3n) is 6.65. The van der Waals surface area contributed by atoms with Crippen molar-refractivity contribution in [1.29, 1.82) is 0 Å². The number of benzene rings is 1. The average Bonchev–Trinajstić information content (AvgIpc) is 3.12. The molecule has 1 aromatic heterocycles. The number of fused-ring (bicyclic) bond motifs is 5. The molecule has 2 aliphatic carbocycles. The molecular formula is C26H30N2O3. The number of ether oxygens (including phenoxy) is 1. The minimum Gasteiger partial charge on any atom is -0.444 e. The van der Waals surface area contributed by atoms with E-state index in [9.17, 15) is 9.59 Å². The quantitative estimate of drug-likeness (QED) is 0.615. The van der Waals surface area contributed by atoms with Crippen molar-refractivity contribution >= 4 is 11.7 Å². The monoisotopic (exact) mass is 418 g/mol. The topological polar surface area (TPSA) is 62.4 Å². The lowest BCUT2D eigenvalue weighted by Gasteiger charge is -2.30. The summed E-state index contributed by atoms with van der Waals surface area (Å²) in [6, 6.07) is 6.40. The fraction of sp³-hybridized carbons (Fsp3) is 0.462. The summed E-state index contributed by atoms with van der Waals surface area (Å²) in [6.45, 7) is 6.90. The van der Waals surface area contributed by atoms with Gasteiger partial charge in [-0.05, 0) is 80.7 Å². The van der Waals surface area contributed by atoms with E-state index in [-0.39, 0.29) is 11.7 Å². The van der Waals surface area contributed by atoms with Crippen molar-refractivity contribution in [3.63, 3.8) is 0 Å². The summed E-state index contributed by atoms with van der Waals surface area (Å²) in [6.07, 6.45) is 7.77. The second-order valence-electron chi connectivity index (χ2n) is 9.89. The number of hydrogen-bond donors (Lipinski definition) is 1. The molecule has 1 aromatic carbocycles. The molecule has 1 N–H and O–H groups in total. The molecule has 2 aromatic rings. The van der Waals surface area contributed by atoms with Gasteiger partial charge in [-0.3, -0.25) is 4.79 Å². The molecule has 5 rings (SSSR count). The lowest BCUT2D eigenvalue weighted by atomic mass is 9.88. The smallest absolute Gasteiger partial charge is 0.410 e. The molecule has 1 aliphatic heterocycles. The van der Waals surface area contributed by atoms with Crippen LogP contribution in [0, 0.1) is 0 Å². The van der Waals surface area contributed by atoms with Crippen molar-refractivity contribution in [3.05, 3.63) is 62.4 Å². The van der Waals surface area contributed by atoms with Gasteiger partial charge in [-0.15, -0.1) is 0 Å². The van der Waals surface area contributed by atoms with E-state index in [2.05, 4.69) is 29.3 Å². The molecule has 0 saturated carbocycles. The van der Waals surface area contributed by atoms with E-state index >= 15 is 0 Å². The predicted octanol–water partition coefficient (Wildman–Crippen LogP) is 4.85. The van der Waals surface area contributed by atoms with Crippen LogP contribution in [0.2, 0.25) is 0 Å². The molecule has 162 valence electrons. The Balaban J connectivity index is 1.45. The molecule has 0 unspecified atom stereocenters. The van der Waals surface area contributed by atoms with Gasteiger partial charge in [-0.1, -0.05) is 24.3 Å². The number of amides is 1. The summed E-state index contributed by atoms with van der Waals surface area (Å²) in [5.41, 5.74) is 9.25. The molecule has 0 fully saturated rings. The van der Waals surface area contributed by atoms with E-state index in [1.165, 1.54) is 27.8 Å². The molecule has 2 heterocycles. The Kier molecular flexibility index (Phi) is 4.80. The van der Waals surface area contributed by atoms with Crippen LogP contribution < -0.4 is 5.56 Å². The zero-order valence-electron chi connectivity index (χ0n) is 18.6. The van der Waals surface area contributed by atoms with Crippen molar-refractivity contribution in [3.8, 4) is 11.3 Å². The Bertz CT molecular complexity index is 1150. The molecule has 1 amide bonds. The van der Waals surface area contributed by atoms with Crippen molar-refractivity contribution in [1.82, 2.24) is 9.88 Å². The molecule has 0 saturated heterocycles. The van der Waals surface area contributed by atoms with E-state index < -0.39 is 5.60 Å². The summed E-state index contributed by atoms with van der Waals surface area (Å²) >= 11 is 0. The molecule has 0 radical (unpaired) electrons. The summed E-state index contributed by atoms with van der Waals surface area (Å²) in [5, 5.41) is 0. The molecule has 3 aliphatic rings. The minimum absolute atomic E-state index is 0.0941. The highest BCUT2D eigenvalue weighted by Gasteiger charge is 2.30. The fourth-order valence-corrected chi connectivity index (χ4v) is 5.22. The van der Waals surface area contributed by atoms with Gasteiger partial charge in [0.15, 0.2) is 0 Å². The maximum absolute atomic E-state index is 12.7. The van der Waals surface area contributed by atoms with E-state index in [4.69, 9.17) is 4.74 Å². The Morgan fingerprint density at radius 2 is 1.74 bits per heavy atom. The van der Waals surface area contributed by atoms with Crippen molar-refractivity contribution in [2.75, 3.05) is 13.1 Å². The van der Waals surface area contributed by atoms with Crippen LogP contribution in [-0.4, -0.2) is 34.7 Å². The average molecular weight is 419 g/mol. The van der Waals surface area contributed by atoms with E-state index in [1.54, 1.807) is 4.90 Å². The van der Waals surface area contributed by atoms with Crippen LogP contribution in [0.15, 0.2) is 29.1 Å². The molecule has 0 bridgehead atoms. The number of hydrogen-bond acceptors (Lipinski definition) is 3. The Morgan fingerprint density at radius 1 is 1.00 bits per heavy atom. The van der Waals surface area contributed by atoms with Gasteiger partial charge in [-0.25, -0.2) is 4.79 Å². The number of rotatable bonds is 1. The number of H-pyrrole nitrogens is 1. The lowest BCUT2D eigenvalue weighted by molar-refractivity contribution is 0.0270. The normalized spacial score (nSPS) is 17.5. The van der Waals surface area contributed by atoms with E-state index in [1.807, 2.05) is 20.8 Å². The third-order valence-corrected chi connectivity index (χ3v) is 6.65. The van der Waals surface area contributed by atoms with Crippen LogP contribution in [0.3, 0.4) is 0 Å². The van der Waals surface area contributed by atoms with Gasteiger partial charge in [0.05, 0.1) is 5.69 Å². The lowest BCUT2D eigenvalue weighted by Crippen LogP contribution is -2.39. The predicted molar refractivity (Wildman–Crippen MR) is 122 cm³/mol. The first-order chi connectivity index (χ1) is 14.8. The molecule has 5 heteroatoms. The zero-order valence-corrected chi connectivity index (χ0v) is 18.6. The number of carbonyl (C=O) groups excluding carboxylic acids is 1. The van der Waals surface area contributed by atoms with Gasteiger partial charge >= 0.3 is 6.09 Å². The summed E-state index contributed by atoms with van der Waals surface area (Å²) < 4.78 is 5.52. The standard InChI is InChI=1S/C26H30N2O3/c1-26(2,3)31-25(30)28-13-11-16(12-14-28)17-9-6-10-19-21(17)15-22-18-7-4-5-8-20(18)24(29)27-23(19)22/h6,9-11H,4-5,7-8,12-15H2,1-3H3,(H,27,29). The molecule has 0 spiro atoms. The van der Waals surface area contributed by atoms with Gasteiger partial charge in [0.1, 0.15) is 5.60 Å². The number of aromatic nitrogens is 1. The second kappa shape index (κ2) is 7.40. The Hall–Kier alpha value is -2.82. The van der Waals surface area contributed by atoms with Gasteiger partial charge in [0.25, 0.3) is 5.56 Å². The van der Waals surface area contributed by atoms with Gasteiger partial charge in [0, 0.05) is 30.6 Å². The first kappa shape index (κ1) is 20.1. The fourth-order valence-electron chi connectivity index (χ4n) is 5.22. The Morgan fingerprint density at radius 3 is 2.45 bits per heavy atom. The first-order valence-electron chi connectivity index (χ1n) is 11.4. The van der Waals surface area contributed by atoms with Crippen molar-refractivity contribution in [2.45, 2.75) is 64.9 Å². The van der Waals surface area contributed by atoms with Crippen LogP contribution in [0.1, 0.15) is 67.9 Å². The highest BCUT2D eigenvalue weighted by Crippen LogP contribution is 2.42. The highest BCUT2D eigenvalue weighted by molar-refractivity contribution is 5.83. The van der Waals surface area contributed by atoms with Gasteiger partial charge < -0.3 is 14.6 Å². The second-order valence-corrected chi connectivity index (χ2v) is 9.89.